The van der Waals surface area contributed by atoms with Crippen molar-refractivity contribution in [1.82, 2.24) is 0 Å². The predicted octanol–water partition coefficient (Wildman–Crippen LogP) is 3.72. The summed E-state index contributed by atoms with van der Waals surface area (Å²) in [7, 11) is 0. The standard InChI is InChI=1S/C15H19NO/c1-11-8-14(9-12(2)13(11)3)15(16-10-17)6-4-5-7-15/h8-9H,4-7H2,1-3H3. The summed E-state index contributed by atoms with van der Waals surface area (Å²) in [6.45, 7) is 6.39. The molecule has 0 unspecified atom stereocenters. The second kappa shape index (κ2) is 4.46. The smallest absolute Gasteiger partial charge is 0.211 e. The van der Waals surface area contributed by atoms with Crippen LogP contribution in [0.5, 0.6) is 0 Å². The molecule has 1 saturated carbocycles. The molecule has 0 saturated heterocycles. The van der Waals surface area contributed by atoms with Crippen molar-refractivity contribution in [3.63, 3.8) is 0 Å². The van der Waals surface area contributed by atoms with Gasteiger partial charge in [0.1, 0.15) is 0 Å². The summed E-state index contributed by atoms with van der Waals surface area (Å²) in [6, 6.07) is 4.38. The van der Waals surface area contributed by atoms with Crippen LogP contribution in [-0.4, -0.2) is 6.08 Å². The Morgan fingerprint density at radius 2 is 1.65 bits per heavy atom. The molecule has 2 nitrogen and oxygen atoms in total. The van der Waals surface area contributed by atoms with Crippen molar-refractivity contribution in [2.75, 3.05) is 0 Å². The molecular formula is C15H19NO. The Bertz CT molecular complexity index is 455. The van der Waals surface area contributed by atoms with E-state index in [0.29, 0.717) is 0 Å². The first-order chi connectivity index (χ1) is 8.09. The molecule has 0 radical (unpaired) electrons. The zero-order valence-electron chi connectivity index (χ0n) is 10.8. The lowest BCUT2D eigenvalue weighted by Gasteiger charge is -2.24. The highest BCUT2D eigenvalue weighted by atomic mass is 16.1. The fraction of sp³-hybridized carbons (Fsp3) is 0.533. The van der Waals surface area contributed by atoms with E-state index in [0.717, 1.165) is 25.7 Å². The number of benzene rings is 1. The van der Waals surface area contributed by atoms with E-state index in [2.05, 4.69) is 37.9 Å². The molecule has 1 aromatic rings. The Hall–Kier alpha value is -1.40. The van der Waals surface area contributed by atoms with Gasteiger partial charge < -0.3 is 0 Å². The quantitative estimate of drug-likeness (QED) is 0.561. The Balaban J connectivity index is 2.54. The van der Waals surface area contributed by atoms with Gasteiger partial charge in [-0.1, -0.05) is 25.0 Å². The lowest BCUT2D eigenvalue weighted by molar-refractivity contribution is 0.455. The first kappa shape index (κ1) is 12.1. The minimum Gasteiger partial charge on any atom is -0.211 e. The van der Waals surface area contributed by atoms with Crippen LogP contribution in [0.25, 0.3) is 0 Å². The van der Waals surface area contributed by atoms with Crippen LogP contribution in [-0.2, 0) is 10.3 Å². The van der Waals surface area contributed by atoms with Crippen molar-refractivity contribution in [2.24, 2.45) is 4.99 Å². The van der Waals surface area contributed by atoms with Gasteiger partial charge in [-0.2, -0.15) is 4.99 Å². The molecule has 1 fully saturated rings. The number of hydrogen-bond acceptors (Lipinski definition) is 2. The first-order valence-electron chi connectivity index (χ1n) is 6.26. The van der Waals surface area contributed by atoms with Gasteiger partial charge in [0.05, 0.1) is 5.54 Å². The van der Waals surface area contributed by atoms with Crippen molar-refractivity contribution in [3.8, 4) is 0 Å². The summed E-state index contributed by atoms with van der Waals surface area (Å²) < 4.78 is 0. The summed E-state index contributed by atoms with van der Waals surface area (Å²) in [5.41, 5.74) is 4.81. The van der Waals surface area contributed by atoms with Crippen LogP contribution in [0.2, 0.25) is 0 Å². The van der Waals surface area contributed by atoms with Crippen LogP contribution in [0, 0.1) is 20.8 Å². The molecule has 1 aliphatic rings. The maximum atomic E-state index is 10.7. The average Bonchev–Trinajstić information content (AvgIpc) is 2.75. The monoisotopic (exact) mass is 229 g/mol. The van der Waals surface area contributed by atoms with E-state index in [-0.39, 0.29) is 5.54 Å². The van der Waals surface area contributed by atoms with Gasteiger partial charge in [-0.15, -0.1) is 0 Å². The Morgan fingerprint density at radius 1 is 1.12 bits per heavy atom. The largest absolute Gasteiger partial charge is 0.235 e. The zero-order valence-corrected chi connectivity index (χ0v) is 10.8. The number of hydrogen-bond donors (Lipinski definition) is 0. The van der Waals surface area contributed by atoms with Gasteiger partial charge in [-0.25, -0.2) is 4.79 Å². The Morgan fingerprint density at radius 3 is 2.12 bits per heavy atom. The number of aryl methyl sites for hydroxylation is 2. The maximum absolute atomic E-state index is 10.7. The summed E-state index contributed by atoms with van der Waals surface area (Å²) in [5, 5.41) is 0. The molecule has 1 aromatic carbocycles. The highest BCUT2D eigenvalue weighted by Crippen LogP contribution is 2.42. The summed E-state index contributed by atoms with van der Waals surface area (Å²) in [4.78, 5) is 14.8. The third-order valence-electron chi connectivity index (χ3n) is 4.15. The van der Waals surface area contributed by atoms with Crippen LogP contribution in [0.1, 0.15) is 47.9 Å². The van der Waals surface area contributed by atoms with Crippen molar-refractivity contribution < 1.29 is 4.79 Å². The molecule has 90 valence electrons. The second-order valence-electron chi connectivity index (χ2n) is 5.18. The third kappa shape index (κ3) is 2.05. The average molecular weight is 229 g/mol. The van der Waals surface area contributed by atoms with E-state index >= 15 is 0 Å². The van der Waals surface area contributed by atoms with Gasteiger partial charge in [0.25, 0.3) is 0 Å². The van der Waals surface area contributed by atoms with Crippen LogP contribution in [0.4, 0.5) is 0 Å². The Labute approximate surface area is 103 Å². The van der Waals surface area contributed by atoms with E-state index in [9.17, 15) is 4.79 Å². The van der Waals surface area contributed by atoms with Gasteiger partial charge in [0.2, 0.25) is 6.08 Å². The highest BCUT2D eigenvalue weighted by molar-refractivity contribution is 5.43. The molecule has 0 atom stereocenters. The lowest BCUT2D eigenvalue weighted by atomic mass is 9.85. The maximum Gasteiger partial charge on any atom is 0.235 e. The van der Waals surface area contributed by atoms with Crippen LogP contribution >= 0.6 is 0 Å². The summed E-state index contributed by atoms with van der Waals surface area (Å²) in [6.07, 6.45) is 6.03. The lowest BCUT2D eigenvalue weighted by Crippen LogP contribution is -2.19. The topological polar surface area (TPSA) is 29.4 Å². The van der Waals surface area contributed by atoms with Gasteiger partial charge in [0.15, 0.2) is 0 Å². The van der Waals surface area contributed by atoms with E-state index in [1.807, 2.05) is 0 Å². The SMILES string of the molecule is Cc1cc(C2(N=C=O)CCCC2)cc(C)c1C. The third-order valence-corrected chi connectivity index (χ3v) is 4.15. The van der Waals surface area contributed by atoms with Crippen molar-refractivity contribution >= 4 is 6.08 Å². The molecule has 0 N–H and O–H groups in total. The summed E-state index contributed by atoms with van der Waals surface area (Å²) in [5.74, 6) is 0. The highest BCUT2D eigenvalue weighted by Gasteiger charge is 2.35. The number of rotatable bonds is 2. The van der Waals surface area contributed by atoms with Crippen LogP contribution in [0.3, 0.4) is 0 Å². The van der Waals surface area contributed by atoms with Crippen molar-refractivity contribution in [3.05, 3.63) is 34.4 Å². The van der Waals surface area contributed by atoms with E-state index in [1.54, 1.807) is 6.08 Å². The first-order valence-corrected chi connectivity index (χ1v) is 6.26. The summed E-state index contributed by atoms with van der Waals surface area (Å²) >= 11 is 0. The zero-order chi connectivity index (χ0) is 12.5. The minimum atomic E-state index is -0.287. The molecule has 1 aliphatic carbocycles. The van der Waals surface area contributed by atoms with Gasteiger partial charge in [-0.05, 0) is 55.9 Å². The number of isocyanates is 1. The minimum absolute atomic E-state index is 0.287. The molecule has 2 heteroatoms. The van der Waals surface area contributed by atoms with E-state index in [1.165, 1.54) is 22.3 Å². The molecule has 2 rings (SSSR count). The number of aliphatic imine (C=N–C) groups is 1. The molecule has 0 aromatic heterocycles. The molecule has 0 heterocycles. The predicted molar refractivity (Wildman–Crippen MR) is 68.9 cm³/mol. The van der Waals surface area contributed by atoms with Gasteiger partial charge in [-0.3, -0.25) is 0 Å². The molecular weight excluding hydrogens is 210 g/mol. The second-order valence-corrected chi connectivity index (χ2v) is 5.18. The number of carbonyl (C=O) groups excluding carboxylic acids is 1. The fourth-order valence-corrected chi connectivity index (χ4v) is 2.82. The van der Waals surface area contributed by atoms with Crippen LogP contribution in [0.15, 0.2) is 17.1 Å². The van der Waals surface area contributed by atoms with Gasteiger partial charge in [0, 0.05) is 0 Å². The molecule has 0 amide bonds. The van der Waals surface area contributed by atoms with Gasteiger partial charge >= 0.3 is 0 Å². The van der Waals surface area contributed by atoms with Crippen molar-refractivity contribution in [2.45, 2.75) is 52.0 Å². The van der Waals surface area contributed by atoms with E-state index < -0.39 is 0 Å². The molecule has 0 aliphatic heterocycles. The molecule has 0 bridgehead atoms. The van der Waals surface area contributed by atoms with Crippen LogP contribution < -0.4 is 0 Å². The Kier molecular flexibility index (Phi) is 3.17. The van der Waals surface area contributed by atoms with Crippen molar-refractivity contribution in [1.29, 1.82) is 0 Å². The normalized spacial score (nSPS) is 17.8. The molecule has 17 heavy (non-hydrogen) atoms. The fourth-order valence-electron chi connectivity index (χ4n) is 2.82. The number of nitrogens with zero attached hydrogens (tertiary/aromatic N) is 1. The molecule has 0 spiro atoms. The van der Waals surface area contributed by atoms with E-state index in [4.69, 9.17) is 0 Å².